The maximum absolute atomic E-state index is 11.4. The Morgan fingerprint density at radius 3 is 2.03 bits per heavy atom. The van der Waals surface area contributed by atoms with Gasteiger partial charge in [0.2, 0.25) is 9.05 Å². The van der Waals surface area contributed by atoms with Crippen molar-refractivity contribution >= 4 is 29.9 Å². The molecule has 7 nitrogen and oxygen atoms in total. The monoisotopic (exact) mass is 518 g/mol. The third-order valence-electron chi connectivity index (χ3n) is 4.41. The number of ether oxygens (including phenoxy) is 1. The second-order valence-corrected chi connectivity index (χ2v) is 12.4. The van der Waals surface area contributed by atoms with E-state index in [2.05, 4.69) is 6.58 Å². The van der Waals surface area contributed by atoms with Gasteiger partial charge in [0.1, 0.15) is 5.75 Å². The molecule has 0 aliphatic heterocycles. The van der Waals surface area contributed by atoms with Crippen molar-refractivity contribution in [1.29, 1.82) is 0 Å². The van der Waals surface area contributed by atoms with Gasteiger partial charge in [-0.2, -0.15) is 8.42 Å². The standard InChI is InChI=1S/C14H20O2.C9H11ClO5S2/c1-4-13(14(2,3)11-15)16-10-12-8-6-5-7-9-12;10-16(11,12)7-4-8-17(13,14)15-9-5-2-1-3-6-9/h4-9,13,15H,1,10-11H2,2-3H3;1-3,5-6H,4,7-8H2. The molecule has 2 rings (SSSR count). The van der Waals surface area contributed by atoms with Gasteiger partial charge < -0.3 is 14.0 Å². The molecule has 0 bridgehead atoms. The van der Waals surface area contributed by atoms with Crippen LogP contribution in [0.4, 0.5) is 0 Å². The Kier molecular flexibility index (Phi) is 12.1. The lowest BCUT2D eigenvalue weighted by atomic mass is 9.87. The Hall–Kier alpha value is -1.91. The molecular formula is C23H31ClO7S2. The first-order valence-electron chi connectivity index (χ1n) is 10.2. The lowest BCUT2D eigenvalue weighted by molar-refractivity contribution is -0.0287. The summed E-state index contributed by atoms with van der Waals surface area (Å²) < 4.78 is 54.6. The summed E-state index contributed by atoms with van der Waals surface area (Å²) in [5.74, 6) is -0.596. The van der Waals surface area contributed by atoms with Gasteiger partial charge in [-0.15, -0.1) is 6.58 Å². The summed E-state index contributed by atoms with van der Waals surface area (Å²) in [5.41, 5.74) is 0.833. The number of halogens is 1. The van der Waals surface area contributed by atoms with Gasteiger partial charge in [0.05, 0.1) is 30.8 Å². The Balaban J connectivity index is 0.000000331. The van der Waals surface area contributed by atoms with E-state index < -0.39 is 30.7 Å². The van der Waals surface area contributed by atoms with Gasteiger partial charge in [0.25, 0.3) is 0 Å². The number of para-hydroxylation sites is 1. The van der Waals surface area contributed by atoms with E-state index in [1.54, 1.807) is 24.3 Å². The molecule has 0 heterocycles. The minimum atomic E-state index is -3.78. The molecular weight excluding hydrogens is 488 g/mol. The first-order valence-corrected chi connectivity index (χ1v) is 14.2. The molecule has 10 heteroatoms. The Labute approximate surface area is 201 Å². The molecule has 2 aromatic carbocycles. The number of hydrogen-bond donors (Lipinski definition) is 1. The quantitative estimate of drug-likeness (QED) is 0.256. The SMILES string of the molecule is C=CC(OCc1ccccc1)C(C)(C)CO.O=S(=O)(Cl)CCCS(=O)(=O)Oc1ccccc1. The van der Waals surface area contributed by atoms with Crippen molar-refractivity contribution in [2.75, 3.05) is 18.1 Å². The molecule has 1 N–H and O–H groups in total. The van der Waals surface area contributed by atoms with Crippen molar-refractivity contribution in [3.05, 3.63) is 78.9 Å². The second kappa shape index (κ2) is 13.7. The number of rotatable bonds is 12. The lowest BCUT2D eigenvalue weighted by Crippen LogP contribution is -2.33. The van der Waals surface area contributed by atoms with Crippen molar-refractivity contribution in [2.45, 2.75) is 33.0 Å². The van der Waals surface area contributed by atoms with E-state index in [9.17, 15) is 21.9 Å². The molecule has 33 heavy (non-hydrogen) atoms. The van der Waals surface area contributed by atoms with E-state index in [0.717, 1.165) is 5.56 Å². The molecule has 0 aliphatic carbocycles. The highest BCUT2D eigenvalue weighted by molar-refractivity contribution is 8.13. The van der Waals surface area contributed by atoms with Crippen molar-refractivity contribution in [3.63, 3.8) is 0 Å². The normalized spacial score (nSPS) is 12.8. The summed E-state index contributed by atoms with van der Waals surface area (Å²) in [7, 11) is -2.49. The molecule has 2 aromatic rings. The maximum Gasteiger partial charge on any atom is 0.309 e. The smallest absolute Gasteiger partial charge is 0.309 e. The molecule has 0 aromatic heterocycles. The van der Waals surface area contributed by atoms with Crippen LogP contribution in [-0.2, 0) is 30.5 Å². The van der Waals surface area contributed by atoms with E-state index in [1.807, 2.05) is 44.2 Å². The van der Waals surface area contributed by atoms with E-state index in [4.69, 9.17) is 19.6 Å². The van der Waals surface area contributed by atoms with Crippen molar-refractivity contribution in [1.82, 2.24) is 0 Å². The summed E-state index contributed by atoms with van der Waals surface area (Å²) in [5, 5.41) is 9.26. The number of benzene rings is 2. The fourth-order valence-corrected chi connectivity index (χ4v) is 4.52. The summed E-state index contributed by atoms with van der Waals surface area (Å²) in [6.45, 7) is 8.30. The maximum atomic E-state index is 11.4. The van der Waals surface area contributed by atoms with Crippen LogP contribution in [0.15, 0.2) is 73.3 Å². The van der Waals surface area contributed by atoms with Crippen LogP contribution in [0, 0.1) is 5.41 Å². The predicted molar refractivity (Wildman–Crippen MR) is 131 cm³/mol. The van der Waals surface area contributed by atoms with E-state index in [-0.39, 0.29) is 30.3 Å². The van der Waals surface area contributed by atoms with Crippen LogP contribution in [0.1, 0.15) is 25.8 Å². The van der Waals surface area contributed by atoms with Crippen LogP contribution in [0.5, 0.6) is 5.75 Å². The Morgan fingerprint density at radius 2 is 1.55 bits per heavy atom. The van der Waals surface area contributed by atoms with Gasteiger partial charge >= 0.3 is 10.1 Å². The second-order valence-electron chi connectivity index (χ2n) is 7.85. The number of aliphatic hydroxyl groups is 1. The van der Waals surface area contributed by atoms with Gasteiger partial charge in [-0.1, -0.05) is 68.5 Å². The fraction of sp³-hybridized carbons (Fsp3) is 0.391. The molecule has 184 valence electrons. The molecule has 0 spiro atoms. The van der Waals surface area contributed by atoms with Gasteiger partial charge in [-0.25, -0.2) is 8.42 Å². The van der Waals surface area contributed by atoms with Crippen LogP contribution in [0.2, 0.25) is 0 Å². The van der Waals surface area contributed by atoms with E-state index in [1.165, 1.54) is 12.1 Å². The molecule has 0 amide bonds. The topological polar surface area (TPSA) is 107 Å². The highest BCUT2D eigenvalue weighted by Crippen LogP contribution is 2.24. The minimum Gasteiger partial charge on any atom is -0.396 e. The zero-order valence-electron chi connectivity index (χ0n) is 18.8. The van der Waals surface area contributed by atoms with E-state index >= 15 is 0 Å². The first kappa shape index (κ1) is 29.1. The van der Waals surface area contributed by atoms with Crippen LogP contribution >= 0.6 is 10.7 Å². The summed E-state index contributed by atoms with van der Waals surface area (Å²) in [6.07, 6.45) is 1.51. The first-order chi connectivity index (χ1) is 15.4. The van der Waals surface area contributed by atoms with E-state index in [0.29, 0.717) is 6.61 Å². The minimum absolute atomic E-state index is 0.0818. The third-order valence-corrected chi connectivity index (χ3v) is 6.89. The Bertz CT molecular complexity index is 1040. The summed E-state index contributed by atoms with van der Waals surface area (Å²) in [4.78, 5) is 0. The van der Waals surface area contributed by atoms with Gasteiger partial charge in [0, 0.05) is 16.1 Å². The van der Waals surface area contributed by atoms with Gasteiger partial charge in [-0.05, 0) is 24.1 Å². The molecule has 0 saturated heterocycles. The number of aliphatic hydroxyl groups excluding tert-OH is 1. The van der Waals surface area contributed by atoms with Crippen molar-refractivity contribution in [2.24, 2.45) is 5.41 Å². The zero-order chi connectivity index (χ0) is 25.0. The molecule has 0 aliphatic rings. The van der Waals surface area contributed by atoms with Crippen molar-refractivity contribution < 1.29 is 30.9 Å². The molecule has 1 unspecified atom stereocenters. The summed E-state index contributed by atoms with van der Waals surface area (Å²) >= 11 is 0. The molecule has 0 radical (unpaired) electrons. The highest BCUT2D eigenvalue weighted by atomic mass is 35.7. The fourth-order valence-electron chi connectivity index (χ4n) is 2.54. The zero-order valence-corrected chi connectivity index (χ0v) is 21.2. The largest absolute Gasteiger partial charge is 0.396 e. The van der Waals surface area contributed by atoms with Gasteiger partial charge in [0.15, 0.2) is 0 Å². The highest BCUT2D eigenvalue weighted by Gasteiger charge is 2.27. The summed E-state index contributed by atoms with van der Waals surface area (Å²) in [6, 6.07) is 18.0. The lowest BCUT2D eigenvalue weighted by Gasteiger charge is -2.30. The molecule has 1 atom stereocenters. The molecule has 0 saturated carbocycles. The average molecular weight is 519 g/mol. The Morgan fingerprint density at radius 1 is 1.00 bits per heavy atom. The van der Waals surface area contributed by atoms with Crippen LogP contribution < -0.4 is 4.18 Å². The van der Waals surface area contributed by atoms with Crippen molar-refractivity contribution in [3.8, 4) is 5.75 Å². The van der Waals surface area contributed by atoms with Crippen LogP contribution in [0.3, 0.4) is 0 Å². The van der Waals surface area contributed by atoms with Crippen LogP contribution in [0.25, 0.3) is 0 Å². The van der Waals surface area contributed by atoms with Crippen LogP contribution in [-0.4, -0.2) is 46.2 Å². The average Bonchev–Trinajstić information content (AvgIpc) is 2.74. The molecule has 0 fully saturated rings. The van der Waals surface area contributed by atoms with Gasteiger partial charge in [-0.3, -0.25) is 0 Å². The number of hydrogen-bond acceptors (Lipinski definition) is 7. The predicted octanol–water partition coefficient (Wildman–Crippen LogP) is 4.13. The third kappa shape index (κ3) is 12.8.